The first-order valence-corrected chi connectivity index (χ1v) is 11.8. The molecule has 5 heteroatoms. The second-order valence-electron chi connectivity index (χ2n) is 9.20. The number of carbonyl (C=O) groups excluding carboxylic acids is 1. The summed E-state index contributed by atoms with van der Waals surface area (Å²) < 4.78 is 0. The number of nitrogens with zero attached hydrogens (tertiary/aromatic N) is 1. The van der Waals surface area contributed by atoms with Gasteiger partial charge >= 0.3 is 0 Å². The van der Waals surface area contributed by atoms with Crippen LogP contribution in [-0.2, 0) is 4.79 Å². The first kappa shape index (κ1) is 20.5. The van der Waals surface area contributed by atoms with Crippen LogP contribution in [0.25, 0.3) is 23.1 Å². The average Bonchev–Trinajstić information content (AvgIpc) is 3.60. The zero-order valence-electron chi connectivity index (χ0n) is 18.7. The Morgan fingerprint density at radius 1 is 0.882 bits per heavy atom. The summed E-state index contributed by atoms with van der Waals surface area (Å²) in [6.07, 6.45) is 10.7. The predicted molar refractivity (Wildman–Crippen MR) is 139 cm³/mol. The summed E-state index contributed by atoms with van der Waals surface area (Å²) in [5.41, 5.74) is 5.71. The van der Waals surface area contributed by atoms with Gasteiger partial charge in [0, 0.05) is 28.4 Å². The summed E-state index contributed by atoms with van der Waals surface area (Å²) in [5, 5.41) is 15.2. The molecule has 1 aromatic heterocycles. The van der Waals surface area contributed by atoms with E-state index in [1.54, 1.807) is 0 Å². The maximum Gasteiger partial charge on any atom is 0.228 e. The molecule has 0 aliphatic heterocycles. The van der Waals surface area contributed by atoms with Crippen molar-refractivity contribution in [3.63, 3.8) is 0 Å². The zero-order valence-corrected chi connectivity index (χ0v) is 18.7. The minimum atomic E-state index is 0.0968. The molecule has 0 saturated heterocycles. The average molecular weight is 447 g/mol. The first-order chi connectivity index (χ1) is 16.7. The van der Waals surface area contributed by atoms with Crippen LogP contribution in [0.5, 0.6) is 0 Å². The molecule has 1 unspecified atom stereocenters. The number of aromatic nitrogens is 2. The maximum atomic E-state index is 12.8. The Kier molecular flexibility index (Phi) is 5.22. The van der Waals surface area contributed by atoms with Crippen LogP contribution >= 0.6 is 0 Å². The van der Waals surface area contributed by atoms with E-state index < -0.39 is 0 Å². The molecule has 4 aromatic rings. The smallest absolute Gasteiger partial charge is 0.228 e. The number of fused-ring (bicyclic) bond motifs is 3. The van der Waals surface area contributed by atoms with E-state index >= 15 is 0 Å². The summed E-state index contributed by atoms with van der Waals surface area (Å²) >= 11 is 0. The number of carbonyl (C=O) groups is 1. The van der Waals surface area contributed by atoms with Gasteiger partial charge in [0.25, 0.3) is 0 Å². The SMILES string of the molecule is O=C(Nc1cccc(Nc2ccc3c(/C=C/c4ccccc4)n[nH]c3c2)c1)C1C[C@H]2C=C[C@H]1C2. The Morgan fingerprint density at radius 3 is 2.56 bits per heavy atom. The molecule has 3 aromatic carbocycles. The van der Waals surface area contributed by atoms with Gasteiger partial charge in [-0.3, -0.25) is 9.89 Å². The normalized spacial score (nSPS) is 20.9. The van der Waals surface area contributed by atoms with E-state index in [9.17, 15) is 4.79 Å². The van der Waals surface area contributed by atoms with E-state index in [0.29, 0.717) is 11.8 Å². The number of H-pyrrole nitrogens is 1. The Labute approximate surface area is 198 Å². The molecule has 0 spiro atoms. The second-order valence-corrected chi connectivity index (χ2v) is 9.20. The molecule has 3 atom stereocenters. The molecule has 1 saturated carbocycles. The molecule has 2 aliphatic rings. The number of allylic oxidation sites excluding steroid dienone is 2. The second kappa shape index (κ2) is 8.67. The fourth-order valence-corrected chi connectivity index (χ4v) is 5.14. The molecule has 2 aliphatic carbocycles. The van der Waals surface area contributed by atoms with Crippen LogP contribution in [0, 0.1) is 17.8 Å². The van der Waals surface area contributed by atoms with E-state index in [1.165, 1.54) is 0 Å². The van der Waals surface area contributed by atoms with E-state index in [2.05, 4.69) is 63.3 Å². The largest absolute Gasteiger partial charge is 0.355 e. The Hall–Kier alpha value is -4.12. The van der Waals surface area contributed by atoms with Crippen molar-refractivity contribution in [1.82, 2.24) is 10.2 Å². The monoisotopic (exact) mass is 446 g/mol. The number of rotatable bonds is 6. The van der Waals surface area contributed by atoms with Gasteiger partial charge in [-0.15, -0.1) is 0 Å². The van der Waals surface area contributed by atoms with Crippen molar-refractivity contribution < 1.29 is 4.79 Å². The number of hydrogen-bond acceptors (Lipinski definition) is 3. The number of amides is 1. The van der Waals surface area contributed by atoms with Crippen LogP contribution < -0.4 is 10.6 Å². The highest BCUT2D eigenvalue weighted by Crippen LogP contribution is 2.43. The molecular weight excluding hydrogens is 420 g/mol. The molecular formula is C29H26N4O. The van der Waals surface area contributed by atoms with Crippen molar-refractivity contribution in [1.29, 1.82) is 0 Å². The van der Waals surface area contributed by atoms with Gasteiger partial charge in [-0.2, -0.15) is 5.10 Å². The first-order valence-electron chi connectivity index (χ1n) is 11.8. The van der Waals surface area contributed by atoms with Gasteiger partial charge in [-0.25, -0.2) is 0 Å². The van der Waals surface area contributed by atoms with Gasteiger partial charge in [0.15, 0.2) is 0 Å². The highest BCUT2D eigenvalue weighted by Gasteiger charge is 2.39. The molecule has 5 nitrogen and oxygen atoms in total. The number of nitrogens with one attached hydrogen (secondary N) is 3. The quantitative estimate of drug-likeness (QED) is 0.291. The molecule has 6 rings (SSSR count). The lowest BCUT2D eigenvalue weighted by Gasteiger charge is -2.18. The minimum Gasteiger partial charge on any atom is -0.355 e. The number of aromatic amines is 1. The molecule has 34 heavy (non-hydrogen) atoms. The minimum absolute atomic E-state index is 0.0968. The van der Waals surface area contributed by atoms with Crippen LogP contribution in [-0.4, -0.2) is 16.1 Å². The molecule has 3 N–H and O–H groups in total. The molecule has 168 valence electrons. The van der Waals surface area contributed by atoms with E-state index in [0.717, 1.165) is 52.1 Å². The van der Waals surface area contributed by atoms with Gasteiger partial charge in [0.2, 0.25) is 5.91 Å². The fraction of sp³-hybridized carbons (Fsp3) is 0.172. The Balaban J connectivity index is 1.15. The topological polar surface area (TPSA) is 69.8 Å². The highest BCUT2D eigenvalue weighted by molar-refractivity contribution is 5.94. The summed E-state index contributed by atoms with van der Waals surface area (Å²) in [6.45, 7) is 0. The lowest BCUT2D eigenvalue weighted by Crippen LogP contribution is -2.25. The molecule has 1 fully saturated rings. The number of anilines is 3. The van der Waals surface area contributed by atoms with Crippen LogP contribution in [0.4, 0.5) is 17.1 Å². The van der Waals surface area contributed by atoms with E-state index in [4.69, 9.17) is 0 Å². The van der Waals surface area contributed by atoms with Crippen LogP contribution in [0.2, 0.25) is 0 Å². The summed E-state index contributed by atoms with van der Waals surface area (Å²) in [4.78, 5) is 12.8. The molecule has 1 heterocycles. The summed E-state index contributed by atoms with van der Waals surface area (Å²) in [7, 11) is 0. The lowest BCUT2D eigenvalue weighted by atomic mass is 9.93. The van der Waals surface area contributed by atoms with Crippen LogP contribution in [0.15, 0.2) is 84.9 Å². The molecule has 0 radical (unpaired) electrons. The van der Waals surface area contributed by atoms with Crippen molar-refractivity contribution in [3.8, 4) is 0 Å². The number of benzene rings is 3. The standard InChI is InChI=1S/C29H26N4O/c34-29(26-16-20-9-11-21(26)15-20)31-23-8-4-7-22(17-23)30-24-12-13-25-27(32-33-28(25)18-24)14-10-19-5-2-1-3-6-19/h1-14,17-18,20-21,26,30H,15-16H2,(H,31,34)(H,32,33)/b14-10+/t20-,21-,26?/m0/s1. The predicted octanol–water partition coefficient (Wildman–Crippen LogP) is 6.63. The number of hydrogen-bond donors (Lipinski definition) is 3. The summed E-state index contributed by atoms with van der Waals surface area (Å²) in [5.74, 6) is 1.21. The maximum absolute atomic E-state index is 12.8. The zero-order chi connectivity index (χ0) is 22.9. The third-order valence-electron chi connectivity index (χ3n) is 6.86. The van der Waals surface area contributed by atoms with E-state index in [1.807, 2.05) is 54.6 Å². The highest BCUT2D eigenvalue weighted by atomic mass is 16.1. The Morgan fingerprint density at radius 2 is 1.74 bits per heavy atom. The van der Waals surface area contributed by atoms with E-state index in [-0.39, 0.29) is 11.8 Å². The van der Waals surface area contributed by atoms with Gasteiger partial charge in [-0.1, -0.05) is 54.6 Å². The van der Waals surface area contributed by atoms with Crippen molar-refractivity contribution in [2.75, 3.05) is 10.6 Å². The van der Waals surface area contributed by atoms with Crippen LogP contribution in [0.3, 0.4) is 0 Å². The van der Waals surface area contributed by atoms with Gasteiger partial charge in [-0.05, 0) is 72.7 Å². The molecule has 1 amide bonds. The van der Waals surface area contributed by atoms with Crippen LogP contribution in [0.1, 0.15) is 24.1 Å². The van der Waals surface area contributed by atoms with Crippen molar-refractivity contribution in [2.45, 2.75) is 12.8 Å². The summed E-state index contributed by atoms with van der Waals surface area (Å²) in [6, 6.07) is 24.2. The van der Waals surface area contributed by atoms with Crippen molar-refractivity contribution >= 4 is 46.0 Å². The third kappa shape index (κ3) is 4.13. The Bertz CT molecular complexity index is 1400. The van der Waals surface area contributed by atoms with Crippen molar-refractivity contribution in [2.24, 2.45) is 17.8 Å². The van der Waals surface area contributed by atoms with Gasteiger partial charge in [0.05, 0.1) is 11.2 Å². The van der Waals surface area contributed by atoms with Gasteiger partial charge in [0.1, 0.15) is 0 Å². The molecule has 2 bridgehead atoms. The van der Waals surface area contributed by atoms with Crippen molar-refractivity contribution in [3.05, 3.63) is 96.2 Å². The fourth-order valence-electron chi connectivity index (χ4n) is 5.14. The van der Waals surface area contributed by atoms with Gasteiger partial charge < -0.3 is 10.6 Å². The lowest BCUT2D eigenvalue weighted by molar-refractivity contribution is -0.120. The third-order valence-corrected chi connectivity index (χ3v) is 6.86.